The molecule has 0 saturated carbocycles. The predicted octanol–water partition coefficient (Wildman–Crippen LogP) is 17.5. The van der Waals surface area contributed by atoms with E-state index in [1.54, 1.807) is 112 Å². The molecular weight excluding hydrogens is 1430 g/mol. The lowest BCUT2D eigenvalue weighted by molar-refractivity contribution is -0.138. The van der Waals surface area contributed by atoms with E-state index in [2.05, 4.69) is 41.9 Å². The summed E-state index contributed by atoms with van der Waals surface area (Å²) in [4.78, 5) is 68.2. The van der Waals surface area contributed by atoms with Gasteiger partial charge in [0, 0.05) is 48.8 Å². The summed E-state index contributed by atoms with van der Waals surface area (Å²) in [5.41, 5.74) is 3.70. The van der Waals surface area contributed by atoms with Gasteiger partial charge in [0.1, 0.15) is 29.6 Å². The van der Waals surface area contributed by atoms with Gasteiger partial charge < -0.3 is 0 Å². The number of aromatic nitrogens is 12. The molecule has 101 heavy (non-hydrogen) atoms. The van der Waals surface area contributed by atoms with Crippen molar-refractivity contribution in [3.05, 3.63) is 316 Å². The molecule has 15 aromatic rings. The van der Waals surface area contributed by atoms with E-state index >= 15 is 0 Å². The van der Waals surface area contributed by atoms with E-state index < -0.39 is 34.6 Å². The van der Waals surface area contributed by atoms with Gasteiger partial charge in [-0.05, 0) is 156 Å². The highest BCUT2D eigenvalue weighted by molar-refractivity contribution is 9.10. The Kier molecular flexibility index (Phi) is 18.5. The standard InChI is InChI=1S/C25H13ClF3N5O.C25H16ClN5O.C24H13BrClF3N4O/c26-17-10-12-19(13-11-17)34-22(15-6-8-16(9-7-15)25(27,28)29)32-23-21(24(34)35)31-20(14-30)33(23)18-4-2-1-3-5-18;1-16-7-9-17(10-8-16)23-29-24-22(25(32)31(23)20-13-11-18(26)12-14-20)28-21(15-27)30(24)19-5-3-2-4-6-19;25-23-30-19-21(33(23)17-4-2-1-3-5-17)31-20(14-6-8-15(9-7-14)24(27,28)29)32(22(19)34)18-12-10-16(26)11-13-18/h1-13H;2-14H,1H3;1-13H. The van der Waals surface area contributed by atoms with Crippen LogP contribution in [0.2, 0.25) is 15.1 Å². The van der Waals surface area contributed by atoms with Gasteiger partial charge in [0.25, 0.3) is 16.7 Å². The van der Waals surface area contributed by atoms with Crippen molar-refractivity contribution in [1.29, 1.82) is 10.5 Å². The van der Waals surface area contributed by atoms with Crippen LogP contribution in [0.15, 0.2) is 256 Å². The minimum Gasteiger partial charge on any atom is -0.271 e. The maximum Gasteiger partial charge on any atom is 0.416 e. The Morgan fingerprint density at radius 2 is 0.614 bits per heavy atom. The Hall–Kier alpha value is -12.1. The second-order valence-electron chi connectivity index (χ2n) is 22.2. The summed E-state index contributed by atoms with van der Waals surface area (Å²) in [6, 6.07) is 67.7. The fourth-order valence-electron chi connectivity index (χ4n) is 11.0. The number of nitriles is 2. The number of aryl methyl sites for hydroxylation is 1. The second-order valence-corrected chi connectivity index (χ2v) is 24.2. The quantitative estimate of drug-likeness (QED) is 0.0981. The number of imidazole rings is 3. The molecule has 15 rings (SSSR count). The number of alkyl halides is 6. The first-order chi connectivity index (χ1) is 48.6. The maximum atomic E-state index is 13.7. The summed E-state index contributed by atoms with van der Waals surface area (Å²) in [6.45, 7) is 2.00. The molecular formula is C74H42BrCl3F6N14O3. The lowest BCUT2D eigenvalue weighted by Crippen LogP contribution is -2.22. The Bertz CT molecular complexity index is 5920. The molecule has 0 unspecified atom stereocenters. The summed E-state index contributed by atoms with van der Waals surface area (Å²) in [6.07, 6.45) is -9.00. The minimum atomic E-state index is -4.51. The Labute approximate surface area is 590 Å². The lowest BCUT2D eigenvalue weighted by Gasteiger charge is -2.14. The first kappa shape index (κ1) is 67.5. The topological polar surface area (TPSA) is 206 Å². The SMILES string of the molecule is Cc1ccc(-c2nc3c(nc(C#N)n3-c3ccccc3)c(=O)n2-c2ccc(Cl)cc2)cc1.N#Cc1nc2c(=O)n(-c3ccc(Cl)cc3)c(-c3ccc(C(F)(F)F)cc3)nc2n1-c1ccccc1.O=c1c2nc(Br)n(-c3ccccc3)c2nc(-c2ccc(C(F)(F)F)cc2)n1-c1ccc(Cl)cc1. The molecule has 6 heterocycles. The van der Waals surface area contributed by atoms with Crippen LogP contribution < -0.4 is 16.7 Å². The third-order valence-electron chi connectivity index (χ3n) is 15.8. The summed E-state index contributed by atoms with van der Waals surface area (Å²) in [5.74, 6) is 0.743. The average molecular weight is 1480 g/mol. The zero-order chi connectivity index (χ0) is 71.0. The molecule has 0 aliphatic heterocycles. The zero-order valence-electron chi connectivity index (χ0n) is 51.8. The minimum absolute atomic E-state index is 0.0528. The first-order valence-electron chi connectivity index (χ1n) is 30.1. The Morgan fingerprint density at radius 1 is 0.347 bits per heavy atom. The van der Waals surface area contributed by atoms with Crippen LogP contribution in [0.1, 0.15) is 28.3 Å². The highest BCUT2D eigenvalue weighted by Crippen LogP contribution is 2.35. The van der Waals surface area contributed by atoms with Crippen molar-refractivity contribution in [2.24, 2.45) is 0 Å². The van der Waals surface area contributed by atoms with E-state index in [1.165, 1.54) is 42.5 Å². The largest absolute Gasteiger partial charge is 0.416 e. The van der Waals surface area contributed by atoms with Gasteiger partial charge in [0.2, 0.25) is 11.6 Å². The highest BCUT2D eigenvalue weighted by atomic mass is 79.9. The van der Waals surface area contributed by atoms with Crippen molar-refractivity contribution in [1.82, 2.24) is 57.3 Å². The number of fused-ring (bicyclic) bond motifs is 3. The van der Waals surface area contributed by atoms with Gasteiger partial charge in [0.05, 0.1) is 28.2 Å². The second kappa shape index (κ2) is 27.7. The number of hydrogen-bond donors (Lipinski definition) is 0. The van der Waals surface area contributed by atoms with Crippen molar-refractivity contribution in [2.75, 3.05) is 0 Å². The van der Waals surface area contributed by atoms with Crippen LogP contribution in [0, 0.1) is 29.6 Å². The predicted molar refractivity (Wildman–Crippen MR) is 377 cm³/mol. The lowest BCUT2D eigenvalue weighted by atomic mass is 10.1. The van der Waals surface area contributed by atoms with Crippen LogP contribution in [0.3, 0.4) is 0 Å². The number of halogens is 10. The van der Waals surface area contributed by atoms with Gasteiger partial charge in [-0.25, -0.2) is 29.9 Å². The van der Waals surface area contributed by atoms with E-state index in [0.29, 0.717) is 71.0 Å². The highest BCUT2D eigenvalue weighted by Gasteiger charge is 2.33. The molecule has 496 valence electrons. The molecule has 0 fully saturated rings. The van der Waals surface area contributed by atoms with Crippen molar-refractivity contribution in [3.8, 4) is 80.4 Å². The van der Waals surface area contributed by atoms with Crippen LogP contribution in [0.4, 0.5) is 26.3 Å². The van der Waals surface area contributed by atoms with Crippen LogP contribution in [0.25, 0.3) is 102 Å². The molecule has 0 radical (unpaired) electrons. The zero-order valence-corrected chi connectivity index (χ0v) is 55.6. The Balaban J connectivity index is 0.000000136. The van der Waals surface area contributed by atoms with Gasteiger partial charge >= 0.3 is 12.4 Å². The van der Waals surface area contributed by atoms with Gasteiger partial charge in [-0.3, -0.25) is 41.8 Å². The molecule has 0 amide bonds. The van der Waals surface area contributed by atoms with E-state index in [1.807, 2.05) is 97.9 Å². The monoisotopic (exact) mass is 1470 g/mol. The summed E-state index contributed by atoms with van der Waals surface area (Å²) >= 11 is 21.5. The maximum absolute atomic E-state index is 13.7. The van der Waals surface area contributed by atoms with Gasteiger partial charge in [-0.15, -0.1) is 0 Å². The molecule has 17 nitrogen and oxygen atoms in total. The molecule has 0 N–H and O–H groups in total. The first-order valence-corrected chi connectivity index (χ1v) is 32.0. The molecule has 0 spiro atoms. The van der Waals surface area contributed by atoms with Crippen molar-refractivity contribution >= 4 is 84.2 Å². The average Bonchev–Trinajstić information content (AvgIpc) is 1.72. The normalized spacial score (nSPS) is 11.4. The van der Waals surface area contributed by atoms with E-state index in [0.717, 1.165) is 35.4 Å². The molecule has 0 saturated heterocycles. The van der Waals surface area contributed by atoms with Gasteiger partial charge in [-0.2, -0.15) is 36.9 Å². The van der Waals surface area contributed by atoms with Gasteiger partial charge in [-0.1, -0.05) is 143 Å². The van der Waals surface area contributed by atoms with E-state index in [-0.39, 0.29) is 62.3 Å². The molecule has 0 atom stereocenters. The van der Waals surface area contributed by atoms with Crippen molar-refractivity contribution < 1.29 is 26.3 Å². The Morgan fingerprint density at radius 3 is 0.911 bits per heavy atom. The van der Waals surface area contributed by atoms with Crippen LogP contribution in [-0.4, -0.2) is 57.3 Å². The fraction of sp³-hybridized carbons (Fsp3) is 0.0405. The summed E-state index contributed by atoms with van der Waals surface area (Å²) in [5, 5.41) is 20.9. The molecule has 0 aliphatic carbocycles. The molecule has 27 heteroatoms. The molecule has 6 aromatic heterocycles. The third-order valence-corrected chi connectivity index (χ3v) is 17.0. The molecule has 0 bridgehead atoms. The smallest absolute Gasteiger partial charge is 0.271 e. The number of rotatable bonds is 9. The number of nitrogens with zero attached hydrogens (tertiary/aromatic N) is 14. The third kappa shape index (κ3) is 13.4. The van der Waals surface area contributed by atoms with E-state index in [9.17, 15) is 51.2 Å². The van der Waals surface area contributed by atoms with Crippen LogP contribution >= 0.6 is 50.7 Å². The van der Waals surface area contributed by atoms with Gasteiger partial charge in [0.15, 0.2) is 38.2 Å². The van der Waals surface area contributed by atoms with Crippen LogP contribution in [-0.2, 0) is 12.4 Å². The van der Waals surface area contributed by atoms with Crippen molar-refractivity contribution in [3.63, 3.8) is 0 Å². The van der Waals surface area contributed by atoms with Crippen LogP contribution in [0.5, 0.6) is 0 Å². The molecule has 0 aliphatic rings. The van der Waals surface area contributed by atoms with E-state index in [4.69, 9.17) is 44.8 Å². The number of hydrogen-bond acceptors (Lipinski definition) is 11. The fourth-order valence-corrected chi connectivity index (χ4v) is 11.9. The van der Waals surface area contributed by atoms with Crippen molar-refractivity contribution in [2.45, 2.75) is 19.3 Å². The summed E-state index contributed by atoms with van der Waals surface area (Å²) in [7, 11) is 0. The number of benzene rings is 9. The molecule has 9 aromatic carbocycles. The number of para-hydroxylation sites is 3. The summed E-state index contributed by atoms with van der Waals surface area (Å²) < 4.78 is 87.9.